The molecule has 0 fully saturated rings. The van der Waals surface area contributed by atoms with E-state index in [1.807, 2.05) is 30.3 Å². The summed E-state index contributed by atoms with van der Waals surface area (Å²) in [5.41, 5.74) is 1.13. The fourth-order valence-electron chi connectivity index (χ4n) is 2.00. The number of nitrogens with zero attached hydrogens (tertiary/aromatic N) is 1. The number of rotatable bonds is 2. The number of hydrogen-bond acceptors (Lipinski definition) is 3. The summed E-state index contributed by atoms with van der Waals surface area (Å²) in [4.78, 5) is 17.6. The Hall–Kier alpha value is -1.55. The molecule has 0 bridgehead atoms. The minimum atomic E-state index is -0.191. The number of aromatic nitrogens is 1. The van der Waals surface area contributed by atoms with Crippen molar-refractivity contribution in [3.8, 4) is 0 Å². The van der Waals surface area contributed by atoms with Crippen LogP contribution in [-0.4, -0.2) is 10.1 Å². The van der Waals surface area contributed by atoms with Gasteiger partial charge in [-0.25, -0.2) is 0 Å². The molecule has 5 heteroatoms. The molecule has 2 nitrogen and oxygen atoms in total. The minimum Gasteiger partial charge on any atom is -0.281 e. The molecule has 0 aliphatic carbocycles. The lowest BCUT2D eigenvalue weighted by molar-refractivity contribution is 0.108. The van der Waals surface area contributed by atoms with Crippen molar-refractivity contribution in [1.82, 2.24) is 4.98 Å². The predicted molar refractivity (Wildman–Crippen MR) is 88.4 cm³/mol. The number of hydrogen-bond donors (Lipinski definition) is 0. The van der Waals surface area contributed by atoms with Gasteiger partial charge >= 0.3 is 0 Å². The van der Waals surface area contributed by atoms with Crippen molar-refractivity contribution < 1.29 is 4.79 Å². The quantitative estimate of drug-likeness (QED) is 0.582. The van der Waals surface area contributed by atoms with Gasteiger partial charge in [0.05, 0.1) is 21.1 Å². The van der Waals surface area contributed by atoms with E-state index in [9.17, 15) is 4.79 Å². The van der Waals surface area contributed by atoms with E-state index in [1.54, 1.807) is 24.4 Å². The molecule has 0 unspecified atom stereocenters. The van der Waals surface area contributed by atoms with E-state index in [2.05, 4.69) is 4.98 Å². The first-order valence-electron chi connectivity index (χ1n) is 6.17. The maximum Gasteiger partial charge on any atom is 0.227 e. The van der Waals surface area contributed by atoms with Crippen LogP contribution in [0.3, 0.4) is 0 Å². The Bertz CT molecular complexity index is 810. The smallest absolute Gasteiger partial charge is 0.227 e. The van der Waals surface area contributed by atoms with Crippen molar-refractivity contribution in [1.29, 1.82) is 0 Å². The number of thioether (sulfide) groups is 1. The van der Waals surface area contributed by atoms with Gasteiger partial charge in [-0.1, -0.05) is 47.5 Å². The van der Waals surface area contributed by atoms with E-state index in [0.717, 1.165) is 27.6 Å². The molecule has 1 heterocycles. The largest absolute Gasteiger partial charge is 0.281 e. The van der Waals surface area contributed by atoms with Crippen LogP contribution < -0.4 is 0 Å². The molecule has 0 aliphatic heterocycles. The standard InChI is InChI=1S/C16H9Cl2NOS/c17-11-6-2-7-12(18)14(11)16(20)21-13-8-1-4-10-5-3-9-19-15(10)13/h1-9H. The molecular formula is C16H9Cl2NOS. The van der Waals surface area contributed by atoms with Gasteiger partial charge in [-0.15, -0.1) is 0 Å². The topological polar surface area (TPSA) is 30.0 Å². The molecule has 0 saturated heterocycles. The highest BCUT2D eigenvalue weighted by molar-refractivity contribution is 8.14. The second-order valence-electron chi connectivity index (χ2n) is 4.32. The summed E-state index contributed by atoms with van der Waals surface area (Å²) < 4.78 is 0. The maximum absolute atomic E-state index is 12.5. The summed E-state index contributed by atoms with van der Waals surface area (Å²) in [6, 6.07) is 14.6. The van der Waals surface area contributed by atoms with Crippen molar-refractivity contribution >= 4 is 51.0 Å². The van der Waals surface area contributed by atoms with Gasteiger partial charge in [-0.2, -0.15) is 0 Å². The monoisotopic (exact) mass is 333 g/mol. The van der Waals surface area contributed by atoms with Crippen LogP contribution in [0.25, 0.3) is 10.9 Å². The molecule has 0 N–H and O–H groups in total. The molecule has 0 atom stereocenters. The summed E-state index contributed by atoms with van der Waals surface area (Å²) in [6.07, 6.45) is 1.71. The molecule has 3 rings (SSSR count). The third kappa shape index (κ3) is 2.91. The molecule has 3 aromatic rings. The Kier molecular flexibility index (Phi) is 4.15. The SMILES string of the molecule is O=C(Sc1cccc2cccnc12)c1c(Cl)cccc1Cl. The van der Waals surface area contributed by atoms with Gasteiger partial charge < -0.3 is 0 Å². The third-order valence-electron chi connectivity index (χ3n) is 2.97. The normalized spacial score (nSPS) is 10.8. The lowest BCUT2D eigenvalue weighted by Gasteiger charge is -2.07. The molecule has 0 radical (unpaired) electrons. The molecule has 0 aliphatic rings. The highest BCUT2D eigenvalue weighted by Gasteiger charge is 2.17. The van der Waals surface area contributed by atoms with E-state index in [0.29, 0.717) is 15.6 Å². The molecule has 0 amide bonds. The minimum absolute atomic E-state index is 0.191. The Morgan fingerprint density at radius 3 is 2.38 bits per heavy atom. The Morgan fingerprint density at radius 1 is 0.952 bits per heavy atom. The lowest BCUT2D eigenvalue weighted by atomic mass is 10.2. The first-order chi connectivity index (χ1) is 10.2. The predicted octanol–water partition coefficient (Wildman–Crippen LogP) is 5.47. The number of carbonyl (C=O) groups excluding carboxylic acids is 1. The fraction of sp³-hybridized carbons (Fsp3) is 0. The molecule has 0 saturated carbocycles. The van der Waals surface area contributed by atoms with Crippen molar-refractivity contribution in [3.63, 3.8) is 0 Å². The molecule has 1 aromatic heterocycles. The van der Waals surface area contributed by atoms with Crippen LogP contribution in [0.2, 0.25) is 10.0 Å². The first kappa shape index (κ1) is 14.4. The average Bonchev–Trinajstić information content (AvgIpc) is 2.47. The van der Waals surface area contributed by atoms with Crippen LogP contribution in [0.15, 0.2) is 59.6 Å². The van der Waals surface area contributed by atoms with Crippen LogP contribution in [0.5, 0.6) is 0 Å². The van der Waals surface area contributed by atoms with Gasteiger partial charge in [-0.05, 0) is 36.0 Å². The number of pyridine rings is 1. The third-order valence-corrected chi connectivity index (χ3v) is 4.53. The van der Waals surface area contributed by atoms with E-state index in [1.165, 1.54) is 0 Å². The highest BCUT2D eigenvalue weighted by Crippen LogP contribution is 2.33. The van der Waals surface area contributed by atoms with Crippen LogP contribution in [-0.2, 0) is 0 Å². The van der Waals surface area contributed by atoms with Crippen LogP contribution in [0.1, 0.15) is 10.4 Å². The van der Waals surface area contributed by atoms with Crippen LogP contribution in [0.4, 0.5) is 0 Å². The number of carbonyl (C=O) groups is 1. The second-order valence-corrected chi connectivity index (χ2v) is 6.15. The lowest BCUT2D eigenvalue weighted by Crippen LogP contribution is -1.96. The zero-order valence-corrected chi connectivity index (χ0v) is 13.0. The average molecular weight is 334 g/mol. The molecule has 104 valence electrons. The fourth-order valence-corrected chi connectivity index (χ4v) is 3.62. The van der Waals surface area contributed by atoms with Gasteiger partial charge in [0.15, 0.2) is 0 Å². The van der Waals surface area contributed by atoms with Crippen molar-refractivity contribution in [2.45, 2.75) is 4.90 Å². The highest BCUT2D eigenvalue weighted by atomic mass is 35.5. The Labute approximate surface area is 136 Å². The first-order valence-corrected chi connectivity index (χ1v) is 7.74. The molecule has 0 spiro atoms. The summed E-state index contributed by atoms with van der Waals surface area (Å²) in [7, 11) is 0. The Morgan fingerprint density at radius 2 is 1.62 bits per heavy atom. The second kappa shape index (κ2) is 6.06. The van der Waals surface area contributed by atoms with Gasteiger partial charge in [0, 0.05) is 16.5 Å². The van der Waals surface area contributed by atoms with Gasteiger partial charge in [0.1, 0.15) is 0 Å². The molecule has 2 aromatic carbocycles. The summed E-state index contributed by atoms with van der Waals surface area (Å²) >= 11 is 13.2. The van der Waals surface area contributed by atoms with E-state index in [-0.39, 0.29) is 5.12 Å². The van der Waals surface area contributed by atoms with E-state index >= 15 is 0 Å². The number of halogens is 2. The van der Waals surface area contributed by atoms with Gasteiger partial charge in [-0.3, -0.25) is 9.78 Å². The molecular weight excluding hydrogens is 325 g/mol. The Balaban J connectivity index is 2.01. The van der Waals surface area contributed by atoms with Crippen LogP contribution in [0, 0.1) is 0 Å². The van der Waals surface area contributed by atoms with E-state index in [4.69, 9.17) is 23.2 Å². The summed E-state index contributed by atoms with van der Waals surface area (Å²) in [6.45, 7) is 0. The number of benzene rings is 2. The number of para-hydroxylation sites is 1. The molecule has 21 heavy (non-hydrogen) atoms. The van der Waals surface area contributed by atoms with Crippen molar-refractivity contribution in [3.05, 3.63) is 70.3 Å². The number of fused-ring (bicyclic) bond motifs is 1. The summed E-state index contributed by atoms with van der Waals surface area (Å²) in [5.74, 6) is 0. The van der Waals surface area contributed by atoms with Crippen molar-refractivity contribution in [2.75, 3.05) is 0 Å². The maximum atomic E-state index is 12.5. The van der Waals surface area contributed by atoms with E-state index < -0.39 is 0 Å². The zero-order valence-electron chi connectivity index (χ0n) is 10.7. The van der Waals surface area contributed by atoms with Gasteiger partial charge in [0.25, 0.3) is 0 Å². The van der Waals surface area contributed by atoms with Crippen molar-refractivity contribution in [2.24, 2.45) is 0 Å². The van der Waals surface area contributed by atoms with Crippen LogP contribution >= 0.6 is 35.0 Å². The summed E-state index contributed by atoms with van der Waals surface area (Å²) in [5, 5.41) is 1.51. The zero-order chi connectivity index (χ0) is 14.8. The van der Waals surface area contributed by atoms with Gasteiger partial charge in [0.2, 0.25) is 5.12 Å².